The average molecular weight is 420 g/mol. The molecule has 1 aromatic rings. The molecule has 0 aliphatic heterocycles. The Hall–Kier alpha value is -3.30. The van der Waals surface area contributed by atoms with Crippen molar-refractivity contribution in [2.24, 2.45) is 0 Å². The molecule has 0 bridgehead atoms. The zero-order valence-corrected chi connectivity index (χ0v) is 16.3. The van der Waals surface area contributed by atoms with Crippen LogP contribution in [0.3, 0.4) is 0 Å². The molecule has 0 radical (unpaired) electrons. The summed E-state index contributed by atoms with van der Waals surface area (Å²) in [5, 5.41) is 19.5. The van der Waals surface area contributed by atoms with Crippen LogP contribution in [0.15, 0.2) is 49.6 Å². The maximum atomic E-state index is 12.5. The highest BCUT2D eigenvalue weighted by Gasteiger charge is 2.20. The summed E-state index contributed by atoms with van der Waals surface area (Å²) in [6, 6.07) is 5.93. The molecule has 0 saturated heterocycles. The van der Waals surface area contributed by atoms with E-state index in [0.29, 0.717) is 0 Å². The molecule has 0 saturated carbocycles. The molecule has 2 atom stereocenters. The minimum absolute atomic E-state index is 0.00892. The predicted molar refractivity (Wildman–Crippen MR) is 105 cm³/mol. The minimum Gasteiger partial charge on any atom is -0.460 e. The molecular formula is C21H24O9. The second-order valence-electron chi connectivity index (χ2n) is 6.08. The van der Waals surface area contributed by atoms with Crippen LogP contribution in [0.5, 0.6) is 0 Å². The molecule has 0 fully saturated rings. The summed E-state index contributed by atoms with van der Waals surface area (Å²) in [4.78, 5) is 46.7. The summed E-state index contributed by atoms with van der Waals surface area (Å²) < 4.78 is 14.3. The van der Waals surface area contributed by atoms with Crippen LogP contribution in [0.1, 0.15) is 33.6 Å². The molecule has 0 aliphatic rings. The average Bonchev–Trinajstić information content (AvgIpc) is 2.77. The van der Waals surface area contributed by atoms with Crippen LogP contribution in [0.2, 0.25) is 0 Å². The van der Waals surface area contributed by atoms with E-state index < -0.39 is 42.5 Å². The highest BCUT2D eigenvalue weighted by atomic mass is 16.6. The summed E-state index contributed by atoms with van der Waals surface area (Å²) in [7, 11) is 0. The normalized spacial score (nSPS) is 12.2. The van der Waals surface area contributed by atoms with Gasteiger partial charge in [-0.1, -0.05) is 31.4 Å². The van der Waals surface area contributed by atoms with Gasteiger partial charge in [0.25, 0.3) is 0 Å². The van der Waals surface area contributed by atoms with Gasteiger partial charge in [-0.25, -0.2) is 14.4 Å². The zero-order chi connectivity index (χ0) is 22.5. The zero-order valence-electron chi connectivity index (χ0n) is 16.3. The Morgan fingerprint density at radius 1 is 0.833 bits per heavy atom. The molecule has 0 amide bonds. The minimum atomic E-state index is -1.24. The van der Waals surface area contributed by atoms with E-state index in [4.69, 9.17) is 9.47 Å². The Morgan fingerprint density at radius 3 is 1.90 bits per heavy atom. The van der Waals surface area contributed by atoms with Gasteiger partial charge in [-0.05, 0) is 12.5 Å². The van der Waals surface area contributed by atoms with Crippen LogP contribution in [0, 0.1) is 0 Å². The van der Waals surface area contributed by atoms with Gasteiger partial charge < -0.3 is 24.4 Å². The molecule has 0 aliphatic carbocycles. The fraction of sp³-hybridized carbons (Fsp3) is 0.333. The van der Waals surface area contributed by atoms with Crippen molar-refractivity contribution < 1.29 is 43.6 Å². The van der Waals surface area contributed by atoms with Crippen LogP contribution in [0.4, 0.5) is 0 Å². The van der Waals surface area contributed by atoms with E-state index in [1.165, 1.54) is 12.1 Å². The summed E-state index contributed by atoms with van der Waals surface area (Å²) in [5.41, 5.74) is 0.0794. The van der Waals surface area contributed by atoms with Crippen molar-refractivity contribution in [3.8, 4) is 0 Å². The first-order valence-electron chi connectivity index (χ1n) is 9.02. The topological polar surface area (TPSA) is 136 Å². The Morgan fingerprint density at radius 2 is 1.33 bits per heavy atom. The Labute approximate surface area is 173 Å². The molecular weight excluding hydrogens is 396 g/mol. The number of carbonyl (C=O) groups excluding carboxylic acids is 4. The molecule has 162 valence electrons. The van der Waals surface area contributed by atoms with E-state index in [1.54, 1.807) is 12.1 Å². The molecule has 30 heavy (non-hydrogen) atoms. The number of benzene rings is 1. The van der Waals surface area contributed by atoms with Crippen molar-refractivity contribution in [3.63, 3.8) is 0 Å². The van der Waals surface area contributed by atoms with Gasteiger partial charge in [0.1, 0.15) is 25.9 Å². The van der Waals surface area contributed by atoms with Crippen molar-refractivity contribution in [2.45, 2.75) is 25.0 Å². The smallest absolute Gasteiger partial charge is 0.338 e. The van der Waals surface area contributed by atoms with Gasteiger partial charge in [-0.3, -0.25) is 4.79 Å². The van der Waals surface area contributed by atoms with Crippen LogP contribution in [-0.4, -0.2) is 65.9 Å². The first kappa shape index (κ1) is 24.7. The third-order valence-electron chi connectivity index (χ3n) is 3.73. The van der Waals surface area contributed by atoms with Gasteiger partial charge in [0.05, 0.1) is 11.7 Å². The molecule has 2 N–H and O–H groups in total. The number of ether oxygens (including phenoxy) is 3. The van der Waals surface area contributed by atoms with E-state index in [1.807, 2.05) is 0 Å². The maximum Gasteiger partial charge on any atom is 0.338 e. The van der Waals surface area contributed by atoms with Crippen LogP contribution in [0.25, 0.3) is 0 Å². The SMILES string of the molecule is C=CC(=O)OCC(O)CCC(=O)c1ccccc1C(=O)OCC(O)COC(=O)C=C. The van der Waals surface area contributed by atoms with Crippen molar-refractivity contribution in [1.29, 1.82) is 0 Å². The lowest BCUT2D eigenvalue weighted by Gasteiger charge is -2.13. The van der Waals surface area contributed by atoms with Crippen LogP contribution >= 0.6 is 0 Å². The number of carbonyl (C=O) groups is 4. The Balaban J connectivity index is 2.61. The number of rotatable bonds is 13. The van der Waals surface area contributed by atoms with Gasteiger partial charge in [-0.2, -0.15) is 0 Å². The highest BCUT2D eigenvalue weighted by Crippen LogP contribution is 2.15. The van der Waals surface area contributed by atoms with Crippen molar-refractivity contribution >= 4 is 23.7 Å². The maximum absolute atomic E-state index is 12.5. The summed E-state index contributed by atoms with van der Waals surface area (Å²) in [6.45, 7) is 5.33. The van der Waals surface area contributed by atoms with Gasteiger partial charge in [0.15, 0.2) is 5.78 Å². The molecule has 0 aromatic heterocycles. The number of hydrogen-bond donors (Lipinski definition) is 2. The van der Waals surface area contributed by atoms with E-state index in [2.05, 4.69) is 17.9 Å². The molecule has 9 heteroatoms. The lowest BCUT2D eigenvalue weighted by Crippen LogP contribution is -2.25. The molecule has 2 unspecified atom stereocenters. The van der Waals surface area contributed by atoms with Crippen LogP contribution < -0.4 is 0 Å². The largest absolute Gasteiger partial charge is 0.460 e. The van der Waals surface area contributed by atoms with Gasteiger partial charge in [0, 0.05) is 24.1 Å². The van der Waals surface area contributed by atoms with Gasteiger partial charge in [-0.15, -0.1) is 0 Å². The number of aliphatic hydroxyl groups excluding tert-OH is 2. The Kier molecular flexibility index (Phi) is 10.7. The predicted octanol–water partition coefficient (Wildman–Crippen LogP) is 0.986. The van der Waals surface area contributed by atoms with Crippen molar-refractivity contribution in [2.75, 3.05) is 19.8 Å². The van der Waals surface area contributed by atoms with Crippen LogP contribution in [-0.2, 0) is 23.8 Å². The van der Waals surface area contributed by atoms with Crippen molar-refractivity contribution in [1.82, 2.24) is 0 Å². The fourth-order valence-electron chi connectivity index (χ4n) is 2.19. The van der Waals surface area contributed by atoms with E-state index in [9.17, 15) is 29.4 Å². The van der Waals surface area contributed by atoms with E-state index in [-0.39, 0.29) is 37.2 Å². The fourth-order valence-corrected chi connectivity index (χ4v) is 2.19. The monoisotopic (exact) mass is 420 g/mol. The number of Topliss-reactive ketones (excluding diaryl/α,β-unsaturated/α-hetero) is 1. The Bertz CT molecular complexity index is 719. The van der Waals surface area contributed by atoms with Gasteiger partial charge >= 0.3 is 17.9 Å². The quantitative estimate of drug-likeness (QED) is 0.207. The number of hydrogen-bond acceptors (Lipinski definition) is 9. The summed E-state index contributed by atoms with van der Waals surface area (Å²) in [5.74, 6) is -2.67. The third kappa shape index (κ3) is 8.80. The highest BCUT2D eigenvalue weighted by molar-refractivity contribution is 6.06. The first-order valence-corrected chi connectivity index (χ1v) is 9.02. The molecule has 9 nitrogen and oxygen atoms in total. The lowest BCUT2D eigenvalue weighted by atomic mass is 9.99. The van der Waals surface area contributed by atoms with Gasteiger partial charge in [0.2, 0.25) is 0 Å². The number of esters is 3. The summed E-state index contributed by atoms with van der Waals surface area (Å²) >= 11 is 0. The molecule has 0 heterocycles. The standard InChI is InChI=1S/C21H24O9/c1-3-19(25)28-11-14(22)9-10-18(24)16-7-5-6-8-17(16)21(27)30-13-15(23)12-29-20(26)4-2/h3-8,14-15,22-23H,1-2,9-13H2. The number of aliphatic hydroxyl groups is 2. The van der Waals surface area contributed by atoms with E-state index in [0.717, 1.165) is 12.2 Å². The van der Waals surface area contributed by atoms with Crippen molar-refractivity contribution in [3.05, 3.63) is 60.7 Å². The summed E-state index contributed by atoms with van der Waals surface area (Å²) in [6.07, 6.45) is -0.488. The molecule has 1 aromatic carbocycles. The number of ketones is 1. The first-order chi connectivity index (χ1) is 14.3. The second kappa shape index (κ2) is 13.0. The third-order valence-corrected chi connectivity index (χ3v) is 3.73. The molecule has 1 rings (SSSR count). The lowest BCUT2D eigenvalue weighted by molar-refractivity contribution is -0.141. The second-order valence-corrected chi connectivity index (χ2v) is 6.08. The molecule has 0 spiro atoms. The van der Waals surface area contributed by atoms with E-state index >= 15 is 0 Å².